The zero-order valence-corrected chi connectivity index (χ0v) is 32.6. The number of methoxy groups -OCH3 is 1. The van der Waals surface area contributed by atoms with Gasteiger partial charge in [0, 0.05) is 47.6 Å². The van der Waals surface area contributed by atoms with Crippen molar-refractivity contribution in [3.8, 4) is 22.6 Å². The Hall–Kier alpha value is -4.73. The first-order chi connectivity index (χ1) is 26.0. The van der Waals surface area contributed by atoms with E-state index >= 15 is 0 Å². The lowest BCUT2D eigenvalue weighted by atomic mass is 9.99. The molecule has 0 spiro atoms. The van der Waals surface area contributed by atoms with Gasteiger partial charge in [0.15, 0.2) is 5.82 Å². The van der Waals surface area contributed by atoms with Gasteiger partial charge in [0.05, 0.1) is 42.3 Å². The van der Waals surface area contributed by atoms with Crippen molar-refractivity contribution in [1.29, 1.82) is 0 Å². The summed E-state index contributed by atoms with van der Waals surface area (Å²) in [6.07, 6.45) is 1.17. The topological polar surface area (TPSA) is 163 Å². The number of aliphatic imine (C=N–C) groups is 1. The van der Waals surface area contributed by atoms with Gasteiger partial charge in [0.1, 0.15) is 29.2 Å². The second kappa shape index (κ2) is 17.2. The summed E-state index contributed by atoms with van der Waals surface area (Å²) in [4.78, 5) is 18.7. The Morgan fingerprint density at radius 3 is 2.44 bits per heavy atom. The van der Waals surface area contributed by atoms with Crippen molar-refractivity contribution in [2.75, 3.05) is 40.0 Å². The van der Waals surface area contributed by atoms with Crippen LogP contribution >= 0.6 is 11.6 Å². The molecule has 0 saturated heterocycles. The average Bonchev–Trinajstić information content (AvgIpc) is 3.67. The molecule has 0 unspecified atom stereocenters. The first-order valence-electron chi connectivity index (χ1n) is 17.7. The van der Waals surface area contributed by atoms with Crippen molar-refractivity contribution < 1.29 is 27.2 Å². The van der Waals surface area contributed by atoms with Crippen molar-refractivity contribution in [2.24, 2.45) is 4.99 Å². The van der Waals surface area contributed by atoms with Crippen LogP contribution < -0.4 is 14.8 Å². The van der Waals surface area contributed by atoms with Gasteiger partial charge in [0.25, 0.3) is 0 Å². The van der Waals surface area contributed by atoms with Crippen molar-refractivity contribution in [3.63, 3.8) is 0 Å². The molecule has 284 valence electrons. The third-order valence-corrected chi connectivity index (χ3v) is 11.1. The molecule has 0 bridgehead atoms. The number of carbonyl (C=O) groups is 1. The van der Waals surface area contributed by atoms with E-state index in [2.05, 4.69) is 25.4 Å². The molecule has 2 aromatic heterocycles. The highest BCUT2D eigenvalue weighted by atomic mass is 35.5. The summed E-state index contributed by atoms with van der Waals surface area (Å²) in [5, 5.41) is 16.7. The van der Waals surface area contributed by atoms with E-state index < -0.39 is 16.1 Å². The fourth-order valence-electron chi connectivity index (χ4n) is 6.54. The number of rotatable bonds is 17. The quantitative estimate of drug-likeness (QED) is 0.107. The summed E-state index contributed by atoms with van der Waals surface area (Å²) < 4.78 is 47.3. The molecule has 5 aromatic rings. The van der Waals surface area contributed by atoms with E-state index in [1.807, 2.05) is 66.9 Å². The maximum absolute atomic E-state index is 13.3. The monoisotopic (exact) mass is 773 g/mol. The van der Waals surface area contributed by atoms with Crippen molar-refractivity contribution in [3.05, 3.63) is 105 Å². The first kappa shape index (κ1) is 39.0. The lowest BCUT2D eigenvalue weighted by Gasteiger charge is -2.14. The molecular weight excluding hydrogens is 730 g/mol. The number of aromatic nitrogens is 4. The number of nitrogens with zero attached hydrogens (tertiary/aromatic N) is 5. The first-order valence-corrected chi connectivity index (χ1v) is 19.6. The van der Waals surface area contributed by atoms with Gasteiger partial charge in [0.2, 0.25) is 10.0 Å². The summed E-state index contributed by atoms with van der Waals surface area (Å²) in [5.74, 6) is 2.67. The molecule has 1 aliphatic heterocycles. The molecule has 1 atom stereocenters. The minimum atomic E-state index is -3.76. The van der Waals surface area contributed by atoms with E-state index in [-0.39, 0.29) is 30.3 Å². The second-order valence-corrected chi connectivity index (χ2v) is 15.3. The van der Waals surface area contributed by atoms with Crippen LogP contribution in [0.4, 0.5) is 0 Å². The number of ether oxygens (including phenoxy) is 2. The predicted octanol–water partition coefficient (Wildman–Crippen LogP) is 6.03. The fourth-order valence-corrected chi connectivity index (χ4v) is 7.95. The number of fused-ring (bicyclic) bond motifs is 3. The summed E-state index contributed by atoms with van der Waals surface area (Å²) in [6.45, 7) is 9.17. The highest BCUT2D eigenvalue weighted by Gasteiger charge is 2.30. The minimum Gasteiger partial charge on any atom is -0.497 e. The molecule has 0 radical (unpaired) electrons. The predicted molar refractivity (Wildman–Crippen MR) is 206 cm³/mol. The number of benzene rings is 3. The third-order valence-electron chi connectivity index (χ3n) is 9.24. The number of nitrogens with one attached hydrogen (secondary N) is 2. The normalized spacial score (nSPS) is 14.0. The van der Waals surface area contributed by atoms with E-state index in [9.17, 15) is 13.2 Å². The van der Waals surface area contributed by atoms with E-state index in [4.69, 9.17) is 30.6 Å². The van der Waals surface area contributed by atoms with Crippen molar-refractivity contribution >= 4 is 33.1 Å². The lowest BCUT2D eigenvalue weighted by Crippen LogP contribution is -2.29. The molecule has 15 heteroatoms. The zero-order chi connectivity index (χ0) is 38.4. The molecule has 0 aliphatic carbocycles. The largest absolute Gasteiger partial charge is 0.497 e. The number of Topliss-reactive ketones (excluding diaryl/α,β-unsaturated/α-hetero) is 1. The summed E-state index contributed by atoms with van der Waals surface area (Å²) in [6, 6.07) is 18.0. The lowest BCUT2D eigenvalue weighted by molar-refractivity contribution is -0.119. The van der Waals surface area contributed by atoms with Crippen LogP contribution in [0.2, 0.25) is 5.02 Å². The smallest absolute Gasteiger partial charge is 0.240 e. The number of hydrogen-bond donors (Lipinski definition) is 2. The van der Waals surface area contributed by atoms with Gasteiger partial charge in [-0.1, -0.05) is 41.0 Å². The van der Waals surface area contributed by atoms with E-state index in [0.717, 1.165) is 33.7 Å². The van der Waals surface area contributed by atoms with Gasteiger partial charge < -0.3 is 19.3 Å². The minimum absolute atomic E-state index is 0.0627. The van der Waals surface area contributed by atoms with Gasteiger partial charge in [-0.3, -0.25) is 14.4 Å². The number of carbonyl (C=O) groups excluding carboxylic acids is 1. The average molecular weight is 774 g/mol. The van der Waals surface area contributed by atoms with E-state index in [0.29, 0.717) is 72.0 Å². The van der Waals surface area contributed by atoms with Crippen LogP contribution in [0, 0.1) is 27.7 Å². The van der Waals surface area contributed by atoms with Gasteiger partial charge in [-0.15, -0.1) is 10.2 Å². The molecule has 3 heterocycles. The highest BCUT2D eigenvalue weighted by molar-refractivity contribution is 7.89. The van der Waals surface area contributed by atoms with Gasteiger partial charge in [-0.25, -0.2) is 13.1 Å². The molecule has 0 fully saturated rings. The Morgan fingerprint density at radius 2 is 1.70 bits per heavy atom. The number of hydrogen-bond acceptors (Lipinski definition) is 11. The van der Waals surface area contributed by atoms with Crippen LogP contribution in [0.5, 0.6) is 5.75 Å². The Balaban J connectivity index is 0.972. The third kappa shape index (κ3) is 8.79. The Labute approximate surface area is 320 Å². The zero-order valence-electron chi connectivity index (χ0n) is 31.0. The molecule has 1 aliphatic rings. The summed E-state index contributed by atoms with van der Waals surface area (Å²) in [5.41, 5.74) is 6.13. The molecule has 3 aromatic carbocycles. The summed E-state index contributed by atoms with van der Waals surface area (Å²) >= 11 is 6.21. The standard InChI is InChI=1S/C39H44ClN7O6S/c1-24-8-9-29(37-25(2)46-53-26(37)3)21-36(24)54(49,50)42-18-20-52-19-17-41-16-6-7-31(48)22-34-39-45-44-27(4)47(39)35-15-14-32(51-5)23-33(35)38(43-34)28-10-12-30(40)13-11-28/h8-15,21,23,34,41-42H,6-7,16-20,22H2,1-5H3/t34-/m0/s1. The molecule has 0 amide bonds. The number of ketones is 1. The molecular formula is C39H44ClN7O6S. The number of sulfonamides is 1. The second-order valence-electron chi connectivity index (χ2n) is 13.1. The van der Waals surface area contributed by atoms with Crippen LogP contribution in [0.25, 0.3) is 16.8 Å². The maximum Gasteiger partial charge on any atom is 0.240 e. The van der Waals surface area contributed by atoms with Crippen LogP contribution in [-0.4, -0.2) is 79.8 Å². The van der Waals surface area contributed by atoms with Gasteiger partial charge in [-0.2, -0.15) is 0 Å². The maximum atomic E-state index is 13.3. The highest BCUT2D eigenvalue weighted by Crippen LogP contribution is 2.35. The van der Waals surface area contributed by atoms with Crippen LogP contribution in [0.3, 0.4) is 0 Å². The van der Waals surface area contributed by atoms with Crippen LogP contribution in [-0.2, 0) is 19.6 Å². The fraction of sp³-hybridized carbons (Fsp3) is 0.359. The van der Waals surface area contributed by atoms with E-state index in [1.165, 1.54) is 0 Å². The Kier molecular flexibility index (Phi) is 12.4. The van der Waals surface area contributed by atoms with Gasteiger partial charge in [-0.05, 0) is 88.2 Å². The Bertz CT molecular complexity index is 2250. The molecule has 13 nitrogen and oxygen atoms in total. The molecule has 54 heavy (non-hydrogen) atoms. The van der Waals surface area contributed by atoms with E-state index in [1.54, 1.807) is 33.1 Å². The summed E-state index contributed by atoms with van der Waals surface area (Å²) in [7, 11) is -2.14. The van der Waals surface area contributed by atoms with Crippen LogP contribution in [0.1, 0.15) is 65.1 Å². The molecule has 2 N–H and O–H groups in total. The van der Waals surface area contributed by atoms with Crippen molar-refractivity contribution in [1.82, 2.24) is 30.0 Å². The van der Waals surface area contributed by atoms with Crippen LogP contribution in [0.15, 0.2) is 75.1 Å². The molecule has 6 rings (SSSR count). The van der Waals surface area contributed by atoms with Gasteiger partial charge >= 0.3 is 0 Å². The SMILES string of the molecule is COc1ccc2c(c1)C(c1ccc(Cl)cc1)=N[C@@H](CC(=O)CCCNCCOCCNS(=O)(=O)c1cc(-c3c(C)noc3C)ccc1C)c1nnc(C)n1-2. The molecule has 0 saturated carbocycles. The number of aryl methyl sites for hydroxylation is 4. The van der Waals surface area contributed by atoms with Crippen molar-refractivity contribution in [2.45, 2.75) is 57.9 Å². The number of halogens is 1. The Morgan fingerprint density at radius 1 is 0.944 bits per heavy atom.